The van der Waals surface area contributed by atoms with Gasteiger partial charge in [-0.15, -0.1) is 0 Å². The number of aryl methyl sites for hydroxylation is 1. The Labute approximate surface area is 168 Å². The summed E-state index contributed by atoms with van der Waals surface area (Å²) in [4.78, 5) is 18.5. The van der Waals surface area contributed by atoms with E-state index in [1.165, 1.54) is 0 Å². The van der Waals surface area contributed by atoms with Gasteiger partial charge in [0.05, 0.1) is 23.6 Å². The highest BCUT2D eigenvalue weighted by Crippen LogP contribution is 2.59. The minimum atomic E-state index is -0.128. The first-order valence-corrected chi connectivity index (χ1v) is 10.8. The molecular weight excluding hydrogens is 352 g/mol. The summed E-state index contributed by atoms with van der Waals surface area (Å²) < 4.78 is 6.11. The van der Waals surface area contributed by atoms with E-state index in [1.54, 1.807) is 0 Å². The van der Waals surface area contributed by atoms with Crippen LogP contribution >= 0.6 is 0 Å². The van der Waals surface area contributed by atoms with Crippen LogP contribution in [0.25, 0.3) is 0 Å². The highest BCUT2D eigenvalue weighted by Gasteiger charge is 2.54. The van der Waals surface area contributed by atoms with Gasteiger partial charge >= 0.3 is 0 Å². The number of ether oxygens (including phenoxy) is 1. The number of rotatable bonds is 6. The summed E-state index contributed by atoms with van der Waals surface area (Å²) in [5.41, 5.74) is 7.96. The van der Waals surface area contributed by atoms with Crippen molar-refractivity contribution in [3.63, 3.8) is 0 Å². The van der Waals surface area contributed by atoms with Crippen LogP contribution in [0.15, 0.2) is 12.1 Å². The third-order valence-electron chi connectivity index (χ3n) is 7.02. The van der Waals surface area contributed by atoms with Crippen LogP contribution in [-0.2, 0) is 9.53 Å². The predicted octanol–water partition coefficient (Wildman–Crippen LogP) is 3.24. The molecule has 3 aliphatic rings. The molecule has 154 valence electrons. The second kappa shape index (κ2) is 7.54. The molecule has 2 saturated carbocycles. The molecule has 2 aliphatic carbocycles. The van der Waals surface area contributed by atoms with Crippen LogP contribution < -0.4 is 16.0 Å². The van der Waals surface area contributed by atoms with Crippen molar-refractivity contribution in [3.05, 3.63) is 17.8 Å². The number of nitrogens with two attached hydrogens (primary N) is 1. The summed E-state index contributed by atoms with van der Waals surface area (Å²) in [5.74, 6) is 1.03. The number of anilines is 2. The van der Waals surface area contributed by atoms with Crippen molar-refractivity contribution in [2.75, 3.05) is 23.3 Å². The van der Waals surface area contributed by atoms with E-state index in [4.69, 9.17) is 15.5 Å². The molecule has 2 atom stereocenters. The lowest BCUT2D eigenvalue weighted by atomic mass is 9.50. The zero-order chi connectivity index (χ0) is 19.9. The number of amides is 1. The molecule has 0 radical (unpaired) electrons. The lowest BCUT2D eigenvalue weighted by Gasteiger charge is -2.57. The number of carbonyl (C=O) groups excluding carboxylic acids is 1. The molecule has 28 heavy (non-hydrogen) atoms. The number of hydrogen-bond donors (Lipinski definition) is 2. The maximum absolute atomic E-state index is 11.3. The van der Waals surface area contributed by atoms with E-state index in [1.807, 2.05) is 0 Å². The fourth-order valence-corrected chi connectivity index (χ4v) is 5.27. The van der Waals surface area contributed by atoms with Gasteiger partial charge in [-0.2, -0.15) is 0 Å². The molecule has 1 aliphatic heterocycles. The average molecular weight is 387 g/mol. The summed E-state index contributed by atoms with van der Waals surface area (Å²) in [5, 5.41) is 3.66. The topological polar surface area (TPSA) is 80.5 Å². The van der Waals surface area contributed by atoms with Crippen molar-refractivity contribution in [3.8, 4) is 0 Å². The molecule has 6 heteroatoms. The molecular formula is C22H34N4O2. The SMILES string of the molecule is CC[C@@H]1CN(c2ccc(NC3CC4(C3)CC(C(N)=O)C4)c(C)n2)C[C@H](CC)O1. The smallest absolute Gasteiger partial charge is 0.220 e. The Kier molecular flexibility index (Phi) is 5.25. The van der Waals surface area contributed by atoms with Crippen molar-refractivity contribution in [1.82, 2.24) is 4.98 Å². The van der Waals surface area contributed by atoms with Crippen molar-refractivity contribution < 1.29 is 9.53 Å². The van der Waals surface area contributed by atoms with Crippen molar-refractivity contribution >= 4 is 17.4 Å². The van der Waals surface area contributed by atoms with Gasteiger partial charge in [-0.1, -0.05) is 13.8 Å². The molecule has 0 unspecified atom stereocenters. The second-order valence-corrected chi connectivity index (χ2v) is 9.16. The molecule has 0 aromatic carbocycles. The van der Waals surface area contributed by atoms with Gasteiger partial charge in [0.1, 0.15) is 5.82 Å². The molecule has 3 fully saturated rings. The number of nitrogens with one attached hydrogen (secondary N) is 1. The number of nitrogens with zero attached hydrogens (tertiary/aromatic N) is 2. The van der Waals surface area contributed by atoms with E-state index in [0.29, 0.717) is 11.5 Å². The van der Waals surface area contributed by atoms with Gasteiger partial charge in [0, 0.05) is 25.0 Å². The third kappa shape index (κ3) is 3.71. The Bertz CT molecular complexity index is 711. The van der Waals surface area contributed by atoms with E-state index < -0.39 is 0 Å². The lowest BCUT2D eigenvalue weighted by molar-refractivity contribution is -0.134. The van der Waals surface area contributed by atoms with Crippen molar-refractivity contribution in [2.45, 2.75) is 77.5 Å². The maximum Gasteiger partial charge on any atom is 0.220 e. The van der Waals surface area contributed by atoms with Gasteiger partial charge in [0.25, 0.3) is 0 Å². The number of hydrogen-bond acceptors (Lipinski definition) is 5. The molecule has 4 rings (SSSR count). The van der Waals surface area contributed by atoms with E-state index >= 15 is 0 Å². The molecule has 6 nitrogen and oxygen atoms in total. The van der Waals surface area contributed by atoms with E-state index in [9.17, 15) is 4.79 Å². The molecule has 1 spiro atoms. The van der Waals surface area contributed by atoms with E-state index in [0.717, 1.165) is 68.8 Å². The summed E-state index contributed by atoms with van der Waals surface area (Å²) in [6.07, 6.45) is 6.87. The average Bonchev–Trinajstić information content (AvgIpc) is 2.62. The fraction of sp³-hybridized carbons (Fsp3) is 0.727. The van der Waals surface area contributed by atoms with Crippen LogP contribution in [0.5, 0.6) is 0 Å². The Morgan fingerprint density at radius 1 is 1.21 bits per heavy atom. The Hall–Kier alpha value is -1.82. The Morgan fingerprint density at radius 2 is 1.86 bits per heavy atom. The molecule has 1 aromatic rings. The minimum Gasteiger partial charge on any atom is -0.381 e. The number of aromatic nitrogens is 1. The van der Waals surface area contributed by atoms with Gasteiger partial charge < -0.3 is 20.7 Å². The van der Waals surface area contributed by atoms with Crippen LogP contribution in [-0.4, -0.2) is 42.2 Å². The van der Waals surface area contributed by atoms with E-state index in [2.05, 4.69) is 43.1 Å². The molecule has 0 bridgehead atoms. The summed E-state index contributed by atoms with van der Waals surface area (Å²) in [6, 6.07) is 4.80. The molecule has 3 N–H and O–H groups in total. The first-order chi connectivity index (χ1) is 13.4. The fourth-order valence-electron chi connectivity index (χ4n) is 5.27. The summed E-state index contributed by atoms with van der Waals surface area (Å²) in [7, 11) is 0. The Balaban J connectivity index is 1.34. The van der Waals surface area contributed by atoms with Gasteiger partial charge in [-0.3, -0.25) is 4.79 Å². The van der Waals surface area contributed by atoms with Gasteiger partial charge in [0.15, 0.2) is 0 Å². The van der Waals surface area contributed by atoms with Crippen LogP contribution in [0.3, 0.4) is 0 Å². The number of pyridine rings is 1. The Morgan fingerprint density at radius 3 is 2.39 bits per heavy atom. The van der Waals surface area contributed by atoms with Gasteiger partial charge in [-0.25, -0.2) is 4.98 Å². The first-order valence-electron chi connectivity index (χ1n) is 10.8. The van der Waals surface area contributed by atoms with E-state index in [-0.39, 0.29) is 24.0 Å². The number of carbonyl (C=O) groups is 1. The zero-order valence-corrected chi connectivity index (χ0v) is 17.4. The van der Waals surface area contributed by atoms with Crippen molar-refractivity contribution in [2.24, 2.45) is 17.1 Å². The normalized spacial score (nSPS) is 34.6. The quantitative estimate of drug-likeness (QED) is 0.784. The van der Waals surface area contributed by atoms with Gasteiger partial charge in [-0.05, 0) is 63.0 Å². The van der Waals surface area contributed by atoms with Crippen LogP contribution in [0.1, 0.15) is 58.1 Å². The molecule has 2 heterocycles. The third-order valence-corrected chi connectivity index (χ3v) is 7.02. The second-order valence-electron chi connectivity index (χ2n) is 9.16. The van der Waals surface area contributed by atoms with Crippen LogP contribution in [0.4, 0.5) is 11.5 Å². The molecule has 1 aromatic heterocycles. The highest BCUT2D eigenvalue weighted by atomic mass is 16.5. The van der Waals surface area contributed by atoms with Gasteiger partial charge in [0.2, 0.25) is 5.91 Å². The first kappa shape index (κ1) is 19.5. The lowest BCUT2D eigenvalue weighted by Crippen LogP contribution is -2.55. The maximum atomic E-state index is 11.3. The summed E-state index contributed by atoms with van der Waals surface area (Å²) in [6.45, 7) is 8.29. The molecule has 1 amide bonds. The standard InChI is InChI=1S/C22H34N4O2/c1-4-17-12-26(13-18(5-2)28-17)20-7-6-19(14(3)24-20)25-16-10-22(11-16)8-15(9-22)21(23)27/h6-7,15-18,25H,4-5,8-13H2,1-3H3,(H2,23,27)/t15?,16?,17-,18+,22?. The monoisotopic (exact) mass is 386 g/mol. The summed E-state index contributed by atoms with van der Waals surface area (Å²) >= 11 is 0. The van der Waals surface area contributed by atoms with Crippen LogP contribution in [0.2, 0.25) is 0 Å². The van der Waals surface area contributed by atoms with Crippen LogP contribution in [0, 0.1) is 18.3 Å². The predicted molar refractivity (Wildman–Crippen MR) is 111 cm³/mol. The molecule has 1 saturated heterocycles. The largest absolute Gasteiger partial charge is 0.381 e. The zero-order valence-electron chi connectivity index (χ0n) is 17.4. The minimum absolute atomic E-state index is 0.107. The van der Waals surface area contributed by atoms with Crippen molar-refractivity contribution in [1.29, 1.82) is 0 Å². The number of morpholine rings is 1. The number of primary amides is 1. The highest BCUT2D eigenvalue weighted by molar-refractivity contribution is 5.78.